The molecule has 1 aromatic carbocycles. The molecular weight excluding hydrogens is 257 g/mol. The Kier molecular flexibility index (Phi) is 3.56. The summed E-state index contributed by atoms with van der Waals surface area (Å²) < 4.78 is 40.0. The van der Waals surface area contributed by atoms with Gasteiger partial charge < -0.3 is 4.74 Å². The van der Waals surface area contributed by atoms with Crippen molar-refractivity contribution in [1.29, 1.82) is 0 Å². The molecule has 0 heterocycles. The molecule has 0 spiro atoms. The largest absolute Gasteiger partial charge is 0.573 e. The fraction of sp³-hybridized carbons (Fsp3) is 0.500. The lowest BCUT2D eigenvalue weighted by Crippen LogP contribution is -2.28. The van der Waals surface area contributed by atoms with Crippen molar-refractivity contribution in [3.05, 3.63) is 29.8 Å². The van der Waals surface area contributed by atoms with Gasteiger partial charge in [-0.2, -0.15) is 0 Å². The van der Waals surface area contributed by atoms with Crippen LogP contribution < -0.4 is 4.74 Å². The highest BCUT2D eigenvalue weighted by Crippen LogP contribution is 2.38. The zero-order valence-electron chi connectivity index (χ0n) is 10.6. The second-order valence-corrected chi connectivity index (χ2v) is 5.17. The highest BCUT2D eigenvalue weighted by Gasteiger charge is 2.33. The Morgan fingerprint density at radius 1 is 1.11 bits per heavy atom. The first kappa shape index (κ1) is 13.9. The first-order chi connectivity index (χ1) is 8.78. The van der Waals surface area contributed by atoms with E-state index < -0.39 is 6.36 Å². The Morgan fingerprint density at radius 2 is 1.63 bits per heavy atom. The van der Waals surface area contributed by atoms with Gasteiger partial charge in [-0.15, -0.1) is 13.2 Å². The molecule has 2 rings (SSSR count). The molecular formula is C14H15F3O2. The number of carbonyl (C=O) groups is 1. The van der Waals surface area contributed by atoms with Gasteiger partial charge in [-0.05, 0) is 36.0 Å². The molecule has 104 valence electrons. The van der Waals surface area contributed by atoms with Gasteiger partial charge in [0.15, 0.2) is 0 Å². The van der Waals surface area contributed by atoms with E-state index in [1.54, 1.807) is 12.1 Å². The lowest BCUT2D eigenvalue weighted by Gasteiger charge is -2.33. The molecule has 5 heteroatoms. The zero-order valence-corrected chi connectivity index (χ0v) is 10.6. The van der Waals surface area contributed by atoms with Gasteiger partial charge in [0, 0.05) is 12.8 Å². The number of rotatable bonds is 2. The van der Waals surface area contributed by atoms with Crippen molar-refractivity contribution >= 4 is 5.78 Å². The zero-order chi connectivity index (χ0) is 14.1. The van der Waals surface area contributed by atoms with Gasteiger partial charge in [0.1, 0.15) is 11.5 Å². The lowest BCUT2D eigenvalue weighted by molar-refractivity contribution is -0.274. The highest BCUT2D eigenvalue weighted by atomic mass is 19.4. The van der Waals surface area contributed by atoms with Crippen LogP contribution in [0.1, 0.15) is 38.2 Å². The predicted molar refractivity (Wildman–Crippen MR) is 64.0 cm³/mol. The summed E-state index contributed by atoms with van der Waals surface area (Å²) in [5.74, 6) is 0.0428. The average Bonchev–Trinajstić information content (AvgIpc) is 2.32. The smallest absolute Gasteiger partial charge is 0.406 e. The van der Waals surface area contributed by atoms with Gasteiger partial charge in [0.05, 0.1) is 0 Å². The van der Waals surface area contributed by atoms with Crippen molar-refractivity contribution in [1.82, 2.24) is 0 Å². The number of halogens is 3. The maximum absolute atomic E-state index is 12.1. The minimum absolute atomic E-state index is 0.134. The molecule has 0 saturated heterocycles. The van der Waals surface area contributed by atoms with E-state index in [0.717, 1.165) is 18.4 Å². The summed E-state index contributed by atoms with van der Waals surface area (Å²) in [4.78, 5) is 11.2. The monoisotopic (exact) mass is 272 g/mol. The van der Waals surface area contributed by atoms with Gasteiger partial charge in [-0.1, -0.05) is 19.1 Å². The summed E-state index contributed by atoms with van der Waals surface area (Å²) in [6.07, 6.45) is -2.10. The van der Waals surface area contributed by atoms with E-state index in [9.17, 15) is 18.0 Å². The van der Waals surface area contributed by atoms with Crippen LogP contribution >= 0.6 is 0 Å². The van der Waals surface area contributed by atoms with Gasteiger partial charge in [-0.25, -0.2) is 0 Å². The third kappa shape index (κ3) is 3.49. The number of carbonyl (C=O) groups excluding carboxylic acids is 1. The fourth-order valence-electron chi connectivity index (χ4n) is 2.43. The second-order valence-electron chi connectivity index (χ2n) is 5.17. The molecule has 0 radical (unpaired) electrons. The van der Waals surface area contributed by atoms with Crippen LogP contribution in [0.5, 0.6) is 5.75 Å². The number of ketones is 1. The summed E-state index contributed by atoms with van der Waals surface area (Å²) in [7, 11) is 0. The third-order valence-corrected chi connectivity index (χ3v) is 3.70. The van der Waals surface area contributed by atoms with Crippen molar-refractivity contribution in [2.45, 2.75) is 44.4 Å². The van der Waals surface area contributed by atoms with E-state index in [1.165, 1.54) is 12.1 Å². The van der Waals surface area contributed by atoms with Crippen molar-refractivity contribution in [2.75, 3.05) is 0 Å². The minimum atomic E-state index is -4.66. The van der Waals surface area contributed by atoms with E-state index in [2.05, 4.69) is 4.74 Å². The van der Waals surface area contributed by atoms with Crippen LogP contribution in [0.2, 0.25) is 0 Å². The van der Waals surface area contributed by atoms with E-state index in [0.29, 0.717) is 12.8 Å². The standard InChI is InChI=1S/C14H15F3O2/c1-13(8-6-11(18)7-9-13)10-2-4-12(5-3-10)19-14(15,16)17/h2-5H,6-9H2,1H3. The Bertz CT molecular complexity index is 453. The molecule has 19 heavy (non-hydrogen) atoms. The minimum Gasteiger partial charge on any atom is -0.406 e. The van der Waals surface area contributed by atoms with Gasteiger partial charge in [0.2, 0.25) is 0 Å². The molecule has 0 amide bonds. The summed E-state index contributed by atoms with van der Waals surface area (Å²) in [5, 5.41) is 0. The van der Waals surface area contributed by atoms with Crippen LogP contribution in [0.4, 0.5) is 13.2 Å². The number of alkyl halides is 3. The normalized spacial score (nSPS) is 19.3. The quantitative estimate of drug-likeness (QED) is 0.813. The van der Waals surface area contributed by atoms with Crippen LogP contribution in [0.25, 0.3) is 0 Å². The van der Waals surface area contributed by atoms with Crippen molar-refractivity contribution in [3.63, 3.8) is 0 Å². The van der Waals surface area contributed by atoms with E-state index in [-0.39, 0.29) is 16.9 Å². The summed E-state index contributed by atoms with van der Waals surface area (Å²) in [6.45, 7) is 2.04. The van der Waals surface area contributed by atoms with Crippen LogP contribution in [-0.2, 0) is 10.2 Å². The van der Waals surface area contributed by atoms with Gasteiger partial charge >= 0.3 is 6.36 Å². The Labute approximate surface area is 109 Å². The highest BCUT2D eigenvalue weighted by molar-refractivity contribution is 5.79. The molecule has 1 fully saturated rings. The maximum Gasteiger partial charge on any atom is 0.573 e. The molecule has 0 bridgehead atoms. The first-order valence-corrected chi connectivity index (χ1v) is 6.16. The second kappa shape index (κ2) is 4.87. The Hall–Kier alpha value is -1.52. The molecule has 0 atom stereocenters. The number of ether oxygens (including phenoxy) is 1. The molecule has 2 nitrogen and oxygen atoms in total. The molecule has 1 aromatic rings. The molecule has 0 N–H and O–H groups in total. The van der Waals surface area contributed by atoms with Crippen molar-refractivity contribution in [2.24, 2.45) is 0 Å². The molecule has 1 saturated carbocycles. The number of hydrogen-bond donors (Lipinski definition) is 0. The summed E-state index contributed by atoms with van der Waals surface area (Å²) in [5.41, 5.74) is 0.819. The topological polar surface area (TPSA) is 26.3 Å². The predicted octanol–water partition coefficient (Wildman–Crippen LogP) is 3.99. The van der Waals surface area contributed by atoms with Crippen LogP contribution in [0.3, 0.4) is 0 Å². The van der Waals surface area contributed by atoms with Gasteiger partial charge in [0.25, 0.3) is 0 Å². The number of benzene rings is 1. The van der Waals surface area contributed by atoms with Crippen LogP contribution in [-0.4, -0.2) is 12.1 Å². The molecule has 1 aliphatic rings. The molecule has 1 aliphatic carbocycles. The summed E-state index contributed by atoms with van der Waals surface area (Å²) >= 11 is 0. The number of Topliss-reactive ketones (excluding diaryl/α,β-unsaturated/α-hetero) is 1. The molecule has 0 aliphatic heterocycles. The van der Waals surface area contributed by atoms with E-state index in [1.807, 2.05) is 6.92 Å². The fourth-order valence-corrected chi connectivity index (χ4v) is 2.43. The third-order valence-electron chi connectivity index (χ3n) is 3.70. The number of hydrogen-bond acceptors (Lipinski definition) is 2. The van der Waals surface area contributed by atoms with Crippen LogP contribution in [0, 0.1) is 0 Å². The van der Waals surface area contributed by atoms with E-state index >= 15 is 0 Å². The SMILES string of the molecule is CC1(c2ccc(OC(F)(F)F)cc2)CCC(=O)CC1. The molecule has 0 aromatic heterocycles. The summed E-state index contributed by atoms with van der Waals surface area (Å²) in [6, 6.07) is 5.95. The maximum atomic E-state index is 12.1. The van der Waals surface area contributed by atoms with Crippen LogP contribution in [0.15, 0.2) is 24.3 Å². The van der Waals surface area contributed by atoms with E-state index in [4.69, 9.17) is 0 Å². The Morgan fingerprint density at radius 3 is 2.11 bits per heavy atom. The Balaban J connectivity index is 2.12. The van der Waals surface area contributed by atoms with Gasteiger partial charge in [-0.3, -0.25) is 4.79 Å². The average molecular weight is 272 g/mol. The van der Waals surface area contributed by atoms with Crippen molar-refractivity contribution in [3.8, 4) is 5.75 Å². The van der Waals surface area contributed by atoms with Crippen molar-refractivity contribution < 1.29 is 22.7 Å². The first-order valence-electron chi connectivity index (χ1n) is 6.16. The molecule has 0 unspecified atom stereocenters. The lowest BCUT2D eigenvalue weighted by atomic mass is 9.71.